The van der Waals surface area contributed by atoms with Crippen molar-refractivity contribution in [3.05, 3.63) is 59.0 Å². The fraction of sp³-hybridized carbons (Fsp3) is 0.222. The summed E-state index contributed by atoms with van der Waals surface area (Å²) in [6.45, 7) is -0.635. The van der Waals surface area contributed by atoms with E-state index in [4.69, 9.17) is 5.11 Å². The minimum Gasteiger partial charge on any atom is -0.505 e. The zero-order chi connectivity index (χ0) is 21.2. The van der Waals surface area contributed by atoms with Gasteiger partial charge < -0.3 is 15.5 Å². The summed E-state index contributed by atoms with van der Waals surface area (Å²) in [6.07, 6.45) is -2.55. The van der Waals surface area contributed by atoms with E-state index in [2.05, 4.69) is 15.4 Å². The van der Waals surface area contributed by atoms with Crippen molar-refractivity contribution in [2.24, 2.45) is 0 Å². The first kappa shape index (κ1) is 22.9. The quantitative estimate of drug-likeness (QED) is 0.538. The molecule has 0 fully saturated rings. The third-order valence-corrected chi connectivity index (χ3v) is 4.18. The summed E-state index contributed by atoms with van der Waals surface area (Å²) in [5.41, 5.74) is 0.441. The van der Waals surface area contributed by atoms with Gasteiger partial charge in [-0.3, -0.25) is 9.59 Å². The fourth-order valence-electron chi connectivity index (χ4n) is 2.81. The van der Waals surface area contributed by atoms with Crippen LogP contribution < -0.4 is 5.32 Å². The second kappa shape index (κ2) is 8.99. The van der Waals surface area contributed by atoms with E-state index in [9.17, 15) is 27.9 Å². The fourth-order valence-corrected chi connectivity index (χ4v) is 2.81. The molecule has 3 rings (SSSR count). The Morgan fingerprint density at radius 2 is 1.80 bits per heavy atom. The Morgan fingerprint density at radius 1 is 1.13 bits per heavy atom. The van der Waals surface area contributed by atoms with Gasteiger partial charge in [-0.05, 0) is 36.6 Å². The number of rotatable bonds is 6. The Bertz CT molecular complexity index is 1070. The van der Waals surface area contributed by atoms with Crippen LogP contribution in [0.25, 0.3) is 5.65 Å². The Balaban J connectivity index is 0.00000320. The molecule has 2 aromatic heterocycles. The molecule has 2 heterocycles. The number of fused-ring (bicyclic) bond motifs is 1. The molecule has 0 bridgehead atoms. The number of carbonyl (C=O) groups is 2. The lowest BCUT2D eigenvalue weighted by Gasteiger charge is -2.11. The van der Waals surface area contributed by atoms with Crippen LogP contribution >= 0.6 is 12.4 Å². The van der Waals surface area contributed by atoms with Gasteiger partial charge in [0, 0.05) is 5.56 Å². The van der Waals surface area contributed by atoms with Crippen LogP contribution in [0.15, 0.2) is 36.7 Å². The minimum absolute atomic E-state index is 0. The number of aromatic nitrogens is 3. The number of hydrogen-bond acceptors (Lipinski definition) is 5. The minimum atomic E-state index is -4.41. The average Bonchev–Trinajstić information content (AvgIpc) is 3.13. The monoisotopic (exact) mass is 444 g/mol. The molecule has 1 amide bonds. The van der Waals surface area contributed by atoms with Crippen LogP contribution in [0.3, 0.4) is 0 Å². The van der Waals surface area contributed by atoms with Crippen molar-refractivity contribution in [2.75, 3.05) is 6.54 Å². The number of halogens is 4. The number of carboxylic acid groups (broad SMARTS) is 1. The first-order valence-electron chi connectivity index (χ1n) is 8.37. The van der Waals surface area contributed by atoms with Gasteiger partial charge >= 0.3 is 12.1 Å². The van der Waals surface area contributed by atoms with Crippen LogP contribution in [-0.2, 0) is 23.8 Å². The zero-order valence-electron chi connectivity index (χ0n) is 15.2. The molecule has 1 aromatic carbocycles. The summed E-state index contributed by atoms with van der Waals surface area (Å²) in [6, 6.07) is 6.04. The molecule has 3 N–H and O–H groups in total. The van der Waals surface area contributed by atoms with Crippen LogP contribution in [0.5, 0.6) is 5.75 Å². The van der Waals surface area contributed by atoms with E-state index >= 15 is 0 Å². The summed E-state index contributed by atoms with van der Waals surface area (Å²) in [4.78, 5) is 26.8. The average molecular weight is 445 g/mol. The number of aliphatic carboxylic acids is 1. The van der Waals surface area contributed by atoms with Gasteiger partial charge in [-0.15, -0.1) is 12.4 Å². The van der Waals surface area contributed by atoms with Crippen molar-refractivity contribution in [1.82, 2.24) is 19.9 Å². The molecular weight excluding hydrogens is 429 g/mol. The summed E-state index contributed by atoms with van der Waals surface area (Å²) < 4.78 is 39.0. The molecule has 30 heavy (non-hydrogen) atoms. The van der Waals surface area contributed by atoms with E-state index in [0.717, 1.165) is 16.6 Å². The maximum Gasteiger partial charge on any atom is 0.416 e. The number of nitrogens with one attached hydrogen (secondary N) is 1. The second-order valence-corrected chi connectivity index (χ2v) is 6.17. The van der Waals surface area contributed by atoms with E-state index in [-0.39, 0.29) is 23.7 Å². The first-order chi connectivity index (χ1) is 13.7. The number of aromatic hydroxyl groups is 1. The van der Waals surface area contributed by atoms with Gasteiger partial charge in [0.2, 0.25) is 0 Å². The van der Waals surface area contributed by atoms with Crippen molar-refractivity contribution in [1.29, 1.82) is 0 Å². The van der Waals surface area contributed by atoms with E-state index in [1.807, 2.05) is 0 Å². The third kappa shape index (κ3) is 4.98. The largest absolute Gasteiger partial charge is 0.505 e. The molecule has 0 atom stereocenters. The lowest BCUT2D eigenvalue weighted by atomic mass is 10.0. The zero-order valence-corrected chi connectivity index (χ0v) is 16.0. The number of hydrogen-bond donors (Lipinski definition) is 3. The van der Waals surface area contributed by atoms with Crippen molar-refractivity contribution in [3.8, 4) is 5.75 Å². The van der Waals surface area contributed by atoms with Gasteiger partial charge in [0.25, 0.3) is 5.91 Å². The van der Waals surface area contributed by atoms with Gasteiger partial charge in [0.15, 0.2) is 11.3 Å². The Labute approximate surface area is 173 Å². The molecule has 8 nitrogen and oxygen atoms in total. The lowest BCUT2D eigenvalue weighted by molar-refractivity contribution is -0.138. The summed E-state index contributed by atoms with van der Waals surface area (Å²) in [5.74, 6) is -2.51. The highest BCUT2D eigenvalue weighted by Crippen LogP contribution is 2.29. The van der Waals surface area contributed by atoms with Gasteiger partial charge in [0.05, 0.1) is 5.56 Å². The maximum absolute atomic E-state index is 12.6. The highest BCUT2D eigenvalue weighted by Gasteiger charge is 2.30. The molecule has 0 aliphatic heterocycles. The van der Waals surface area contributed by atoms with Gasteiger partial charge in [-0.1, -0.05) is 12.1 Å². The predicted octanol–water partition coefficient (Wildman–Crippen LogP) is 2.48. The maximum atomic E-state index is 12.6. The predicted molar refractivity (Wildman–Crippen MR) is 101 cm³/mol. The highest BCUT2D eigenvalue weighted by atomic mass is 35.5. The summed E-state index contributed by atoms with van der Waals surface area (Å²) in [7, 11) is 0. The van der Waals surface area contributed by atoms with Crippen molar-refractivity contribution in [3.63, 3.8) is 0 Å². The topological polar surface area (TPSA) is 117 Å². The SMILES string of the molecule is Cl.O=C(O)CNC(=O)c1c(O)cc(CCc2ccc(C(F)(F)F)cc2)c2ncnn12. The van der Waals surface area contributed by atoms with Crippen LogP contribution in [-0.4, -0.2) is 43.2 Å². The molecule has 3 aromatic rings. The molecule has 0 saturated carbocycles. The molecule has 12 heteroatoms. The first-order valence-corrected chi connectivity index (χ1v) is 8.37. The van der Waals surface area contributed by atoms with E-state index < -0.39 is 35.9 Å². The Hall–Kier alpha value is -3.34. The molecule has 0 aliphatic rings. The Kier molecular flexibility index (Phi) is 6.88. The molecule has 0 radical (unpaired) electrons. The van der Waals surface area contributed by atoms with Crippen molar-refractivity contribution < 1.29 is 33.0 Å². The van der Waals surface area contributed by atoms with Gasteiger partial charge in [-0.25, -0.2) is 9.50 Å². The van der Waals surface area contributed by atoms with E-state index in [0.29, 0.717) is 24.0 Å². The van der Waals surface area contributed by atoms with Crippen LogP contribution in [0.1, 0.15) is 27.2 Å². The smallest absolute Gasteiger partial charge is 0.416 e. The van der Waals surface area contributed by atoms with Crippen molar-refractivity contribution >= 4 is 29.9 Å². The molecule has 160 valence electrons. The summed E-state index contributed by atoms with van der Waals surface area (Å²) in [5, 5.41) is 24.9. The number of pyridine rings is 1. The van der Waals surface area contributed by atoms with Gasteiger partial charge in [-0.2, -0.15) is 18.3 Å². The molecule has 0 aliphatic carbocycles. The molecular formula is C18H16ClF3N4O4. The molecule has 0 unspecified atom stereocenters. The number of amides is 1. The van der Waals surface area contributed by atoms with E-state index in [1.165, 1.54) is 24.5 Å². The number of benzene rings is 1. The number of carbonyl (C=O) groups excluding carboxylic acids is 1. The normalized spacial score (nSPS) is 11.2. The van der Waals surface area contributed by atoms with E-state index in [1.54, 1.807) is 0 Å². The number of carboxylic acids is 1. The van der Waals surface area contributed by atoms with Crippen LogP contribution in [0, 0.1) is 0 Å². The van der Waals surface area contributed by atoms with Crippen LogP contribution in [0.4, 0.5) is 13.2 Å². The molecule has 0 saturated heterocycles. The number of nitrogens with zero attached hydrogens (tertiary/aromatic N) is 3. The van der Waals surface area contributed by atoms with Crippen molar-refractivity contribution in [2.45, 2.75) is 19.0 Å². The third-order valence-electron chi connectivity index (χ3n) is 4.18. The standard InChI is InChI=1S/C18H15F3N4O4.ClH/c19-18(20,21)12-5-2-10(3-6-12)1-4-11-7-13(26)15(17(29)22-8-14(27)28)25-16(11)23-9-24-25;/h2-3,5-7,9,26H,1,4,8H2,(H,22,29)(H,27,28);1H. The van der Waals surface area contributed by atoms with Crippen LogP contribution in [0.2, 0.25) is 0 Å². The molecule has 0 spiro atoms. The second-order valence-electron chi connectivity index (χ2n) is 6.17. The Morgan fingerprint density at radius 3 is 2.40 bits per heavy atom. The number of alkyl halides is 3. The lowest BCUT2D eigenvalue weighted by Crippen LogP contribution is -2.31. The number of aryl methyl sites for hydroxylation is 2. The highest BCUT2D eigenvalue weighted by molar-refractivity contribution is 5.97. The van der Waals surface area contributed by atoms with Gasteiger partial charge in [0.1, 0.15) is 18.6 Å². The summed E-state index contributed by atoms with van der Waals surface area (Å²) >= 11 is 0.